The van der Waals surface area contributed by atoms with Crippen LogP contribution in [0.3, 0.4) is 0 Å². The lowest BCUT2D eigenvalue weighted by Crippen LogP contribution is -2.45. The number of methoxy groups -OCH3 is 1. The molecule has 5 nitrogen and oxygen atoms in total. The summed E-state index contributed by atoms with van der Waals surface area (Å²) in [5.41, 5.74) is 0.717. The van der Waals surface area contributed by atoms with E-state index in [9.17, 15) is 9.59 Å². The second kappa shape index (κ2) is 7.82. The zero-order valence-electron chi connectivity index (χ0n) is 13.3. The van der Waals surface area contributed by atoms with Crippen molar-refractivity contribution in [3.05, 3.63) is 29.8 Å². The Labute approximate surface area is 131 Å². The maximum atomic E-state index is 12.5. The van der Waals surface area contributed by atoms with Crippen LogP contribution in [0.2, 0.25) is 0 Å². The van der Waals surface area contributed by atoms with Gasteiger partial charge in [0.05, 0.1) is 7.11 Å². The van der Waals surface area contributed by atoms with Crippen LogP contribution in [-0.2, 0) is 0 Å². The molecule has 0 spiro atoms. The summed E-state index contributed by atoms with van der Waals surface area (Å²) in [6.07, 6.45) is 2.38. The summed E-state index contributed by atoms with van der Waals surface area (Å²) in [7, 11) is 1.61. The van der Waals surface area contributed by atoms with Gasteiger partial charge < -0.3 is 15.0 Å². The molecule has 1 heterocycles. The Kier molecular flexibility index (Phi) is 5.81. The van der Waals surface area contributed by atoms with Gasteiger partial charge in [-0.2, -0.15) is 0 Å². The van der Waals surface area contributed by atoms with Crippen LogP contribution in [0.4, 0.5) is 4.79 Å². The summed E-state index contributed by atoms with van der Waals surface area (Å²) in [6.45, 7) is 4.01. The second-order valence-electron chi connectivity index (χ2n) is 5.59. The number of ketones is 1. The van der Waals surface area contributed by atoms with Gasteiger partial charge in [-0.05, 0) is 43.5 Å². The van der Waals surface area contributed by atoms with Crippen molar-refractivity contribution in [2.45, 2.75) is 26.2 Å². The van der Waals surface area contributed by atoms with Gasteiger partial charge >= 0.3 is 6.03 Å². The minimum Gasteiger partial charge on any atom is -0.497 e. The number of hydrogen-bond donors (Lipinski definition) is 1. The van der Waals surface area contributed by atoms with Crippen molar-refractivity contribution < 1.29 is 14.3 Å². The Morgan fingerprint density at radius 3 is 2.41 bits per heavy atom. The first-order valence-electron chi connectivity index (χ1n) is 7.86. The number of carbonyl (C=O) groups excluding carboxylic acids is 2. The molecule has 1 aromatic rings. The number of ether oxygens (including phenoxy) is 1. The van der Waals surface area contributed by atoms with E-state index in [-0.39, 0.29) is 17.7 Å². The summed E-state index contributed by atoms with van der Waals surface area (Å²) in [6, 6.07) is 7.21. The predicted molar refractivity (Wildman–Crippen MR) is 85.3 cm³/mol. The molecule has 1 fully saturated rings. The lowest BCUT2D eigenvalue weighted by atomic mass is 9.89. The first-order valence-corrected chi connectivity index (χ1v) is 7.86. The number of likely N-dealkylation sites (tertiary alicyclic amines) is 1. The lowest BCUT2D eigenvalue weighted by molar-refractivity contribution is 0.0854. The Morgan fingerprint density at radius 2 is 1.86 bits per heavy atom. The summed E-state index contributed by atoms with van der Waals surface area (Å²) < 4.78 is 5.10. The van der Waals surface area contributed by atoms with E-state index >= 15 is 0 Å². The normalized spacial score (nSPS) is 15.5. The van der Waals surface area contributed by atoms with E-state index < -0.39 is 0 Å². The molecular formula is C17H24N2O3. The minimum absolute atomic E-state index is 0.00335. The molecule has 2 amide bonds. The molecule has 22 heavy (non-hydrogen) atoms. The molecule has 0 atom stereocenters. The third-order valence-electron chi connectivity index (χ3n) is 4.05. The van der Waals surface area contributed by atoms with E-state index in [4.69, 9.17) is 4.74 Å². The van der Waals surface area contributed by atoms with Crippen LogP contribution in [-0.4, -0.2) is 43.5 Å². The predicted octanol–water partition coefficient (Wildman–Crippen LogP) is 2.71. The van der Waals surface area contributed by atoms with Gasteiger partial charge in [-0.15, -0.1) is 0 Å². The van der Waals surface area contributed by atoms with Crippen LogP contribution in [0.1, 0.15) is 36.5 Å². The fourth-order valence-electron chi connectivity index (χ4n) is 2.68. The highest BCUT2D eigenvalue weighted by atomic mass is 16.5. The number of Topliss-reactive ketones (excluding diaryl/α,β-unsaturated/α-hetero) is 1. The number of urea groups is 1. The van der Waals surface area contributed by atoms with Gasteiger partial charge in [0, 0.05) is 31.1 Å². The number of carbonyl (C=O) groups is 2. The largest absolute Gasteiger partial charge is 0.497 e. The van der Waals surface area contributed by atoms with Gasteiger partial charge in [0.1, 0.15) is 5.75 Å². The molecule has 1 aromatic carbocycles. The Hall–Kier alpha value is -2.04. The minimum atomic E-state index is -0.0165. The fraction of sp³-hybridized carbons (Fsp3) is 0.529. The molecule has 0 aliphatic carbocycles. The quantitative estimate of drug-likeness (QED) is 0.851. The van der Waals surface area contributed by atoms with E-state index in [0.29, 0.717) is 19.6 Å². The first-order chi connectivity index (χ1) is 10.7. The first kappa shape index (κ1) is 16.3. The Bertz CT molecular complexity index is 505. The topological polar surface area (TPSA) is 58.6 Å². The molecule has 1 saturated heterocycles. The molecular weight excluding hydrogens is 280 g/mol. The average molecular weight is 304 g/mol. The summed E-state index contributed by atoms with van der Waals surface area (Å²) in [4.78, 5) is 26.2. The molecule has 120 valence electrons. The number of hydrogen-bond acceptors (Lipinski definition) is 3. The van der Waals surface area contributed by atoms with E-state index in [0.717, 1.165) is 30.6 Å². The fourth-order valence-corrected chi connectivity index (χ4v) is 2.68. The van der Waals surface area contributed by atoms with Crippen LogP contribution in [0.15, 0.2) is 24.3 Å². The highest BCUT2D eigenvalue weighted by Crippen LogP contribution is 2.23. The SMILES string of the molecule is CCCNC(=O)N1CCC(C(=O)c2ccc(OC)cc2)CC1. The summed E-state index contributed by atoms with van der Waals surface area (Å²) >= 11 is 0. The second-order valence-corrected chi connectivity index (χ2v) is 5.59. The van der Waals surface area contributed by atoms with Crippen LogP contribution in [0.5, 0.6) is 5.75 Å². The van der Waals surface area contributed by atoms with Crippen LogP contribution in [0, 0.1) is 5.92 Å². The third-order valence-corrected chi connectivity index (χ3v) is 4.05. The summed E-state index contributed by atoms with van der Waals surface area (Å²) in [5, 5.41) is 2.88. The van der Waals surface area contributed by atoms with Gasteiger partial charge in [0.25, 0.3) is 0 Å². The maximum absolute atomic E-state index is 12.5. The van der Waals surface area contributed by atoms with Gasteiger partial charge in [-0.3, -0.25) is 4.79 Å². The smallest absolute Gasteiger partial charge is 0.317 e. The Balaban J connectivity index is 1.87. The highest BCUT2D eigenvalue weighted by Gasteiger charge is 2.27. The van der Waals surface area contributed by atoms with Crippen LogP contribution in [0.25, 0.3) is 0 Å². The molecule has 2 rings (SSSR count). The Morgan fingerprint density at radius 1 is 1.23 bits per heavy atom. The van der Waals surface area contributed by atoms with Crippen molar-refractivity contribution >= 4 is 11.8 Å². The van der Waals surface area contributed by atoms with E-state index in [1.54, 1.807) is 24.1 Å². The van der Waals surface area contributed by atoms with Crippen molar-refractivity contribution in [1.82, 2.24) is 10.2 Å². The van der Waals surface area contributed by atoms with E-state index in [1.165, 1.54) is 0 Å². The molecule has 0 unspecified atom stereocenters. The number of nitrogens with one attached hydrogen (secondary N) is 1. The average Bonchev–Trinajstić information content (AvgIpc) is 2.59. The van der Waals surface area contributed by atoms with Gasteiger partial charge in [-0.1, -0.05) is 6.92 Å². The molecule has 0 radical (unpaired) electrons. The molecule has 1 N–H and O–H groups in total. The van der Waals surface area contributed by atoms with Gasteiger partial charge in [0.15, 0.2) is 5.78 Å². The van der Waals surface area contributed by atoms with Crippen LogP contribution < -0.4 is 10.1 Å². The van der Waals surface area contributed by atoms with Crippen molar-refractivity contribution in [2.24, 2.45) is 5.92 Å². The molecule has 0 bridgehead atoms. The monoisotopic (exact) mass is 304 g/mol. The van der Waals surface area contributed by atoms with E-state index in [2.05, 4.69) is 5.32 Å². The number of nitrogens with zero attached hydrogens (tertiary/aromatic N) is 1. The molecule has 5 heteroatoms. The van der Waals surface area contributed by atoms with Crippen LogP contribution >= 0.6 is 0 Å². The van der Waals surface area contributed by atoms with Gasteiger partial charge in [0.2, 0.25) is 0 Å². The van der Waals surface area contributed by atoms with Crippen molar-refractivity contribution in [3.8, 4) is 5.75 Å². The maximum Gasteiger partial charge on any atom is 0.317 e. The molecule has 0 aromatic heterocycles. The van der Waals surface area contributed by atoms with Crippen molar-refractivity contribution in [3.63, 3.8) is 0 Å². The zero-order chi connectivity index (χ0) is 15.9. The standard InChI is InChI=1S/C17H24N2O3/c1-3-10-18-17(21)19-11-8-14(9-12-19)16(20)13-4-6-15(22-2)7-5-13/h4-7,14H,3,8-12H2,1-2H3,(H,18,21). The zero-order valence-corrected chi connectivity index (χ0v) is 13.3. The number of benzene rings is 1. The molecule has 1 aliphatic heterocycles. The molecule has 0 saturated carbocycles. The summed E-state index contributed by atoms with van der Waals surface area (Å²) in [5.74, 6) is 0.916. The lowest BCUT2D eigenvalue weighted by Gasteiger charge is -2.31. The number of amides is 2. The number of rotatable bonds is 5. The highest BCUT2D eigenvalue weighted by molar-refractivity contribution is 5.98. The van der Waals surface area contributed by atoms with E-state index in [1.807, 2.05) is 19.1 Å². The van der Waals surface area contributed by atoms with Gasteiger partial charge in [-0.25, -0.2) is 4.79 Å². The molecule has 1 aliphatic rings. The van der Waals surface area contributed by atoms with Crippen molar-refractivity contribution in [1.29, 1.82) is 0 Å². The number of piperidine rings is 1. The third kappa shape index (κ3) is 4.00. The van der Waals surface area contributed by atoms with Crippen molar-refractivity contribution in [2.75, 3.05) is 26.7 Å².